The van der Waals surface area contributed by atoms with Gasteiger partial charge in [-0.2, -0.15) is 0 Å². The summed E-state index contributed by atoms with van der Waals surface area (Å²) in [4.78, 5) is 0. The van der Waals surface area contributed by atoms with Crippen LogP contribution in [0.15, 0.2) is 24.3 Å². The van der Waals surface area contributed by atoms with Crippen molar-refractivity contribution in [1.29, 1.82) is 0 Å². The van der Waals surface area contributed by atoms with Crippen LogP contribution in [0.3, 0.4) is 0 Å². The Morgan fingerprint density at radius 2 is 1.86 bits per heavy atom. The van der Waals surface area contributed by atoms with Gasteiger partial charge in [0.25, 0.3) is 0 Å². The largest absolute Gasteiger partial charge is 0.494 e. The van der Waals surface area contributed by atoms with E-state index in [0.717, 1.165) is 44.4 Å². The Morgan fingerprint density at radius 3 is 2.55 bits per heavy atom. The summed E-state index contributed by atoms with van der Waals surface area (Å²) in [5.41, 5.74) is 1.31. The van der Waals surface area contributed by atoms with Crippen LogP contribution in [0.4, 0.5) is 0 Å². The maximum Gasteiger partial charge on any atom is 0.214 e. The number of ether oxygens (including phenoxy) is 2. The number of nitrogens with one attached hydrogen (secondary N) is 2. The van der Waals surface area contributed by atoms with E-state index in [2.05, 4.69) is 28.2 Å². The van der Waals surface area contributed by atoms with Crippen molar-refractivity contribution < 1.29 is 17.9 Å². The molecule has 1 saturated heterocycles. The fourth-order valence-electron chi connectivity index (χ4n) is 4.32. The lowest BCUT2D eigenvalue weighted by Crippen LogP contribution is -2.48. The van der Waals surface area contributed by atoms with Crippen molar-refractivity contribution in [3.05, 3.63) is 29.8 Å². The fraction of sp³-hybridized carbons (Fsp3) is 0.727. The Hall–Kier alpha value is -1.15. The third kappa shape index (κ3) is 5.94. The first-order valence-electron chi connectivity index (χ1n) is 11.0. The Kier molecular flexibility index (Phi) is 7.96. The summed E-state index contributed by atoms with van der Waals surface area (Å²) < 4.78 is 39.3. The van der Waals surface area contributed by atoms with Crippen molar-refractivity contribution in [3.63, 3.8) is 0 Å². The van der Waals surface area contributed by atoms with Gasteiger partial charge in [0.2, 0.25) is 10.0 Å². The molecule has 1 saturated carbocycles. The molecule has 1 aliphatic heterocycles. The van der Waals surface area contributed by atoms with Crippen LogP contribution in [0.5, 0.6) is 5.75 Å². The minimum atomic E-state index is -3.26. The molecular formula is C22H36N2O4S. The molecule has 0 unspecified atom stereocenters. The third-order valence-electron chi connectivity index (χ3n) is 6.13. The zero-order valence-electron chi connectivity index (χ0n) is 17.9. The van der Waals surface area contributed by atoms with Gasteiger partial charge in [0.05, 0.1) is 24.6 Å². The molecule has 2 atom stereocenters. The van der Waals surface area contributed by atoms with E-state index < -0.39 is 15.3 Å². The van der Waals surface area contributed by atoms with E-state index in [4.69, 9.17) is 9.47 Å². The molecule has 7 heteroatoms. The van der Waals surface area contributed by atoms with E-state index >= 15 is 0 Å². The fourth-order valence-corrected chi connectivity index (χ4v) is 5.29. The van der Waals surface area contributed by atoms with Crippen LogP contribution in [0.25, 0.3) is 0 Å². The lowest BCUT2D eigenvalue weighted by atomic mass is 9.82. The van der Waals surface area contributed by atoms with Gasteiger partial charge < -0.3 is 14.8 Å². The predicted octanol–water partition coefficient (Wildman–Crippen LogP) is 3.19. The first kappa shape index (κ1) is 22.5. The van der Waals surface area contributed by atoms with Gasteiger partial charge in [0.15, 0.2) is 0 Å². The van der Waals surface area contributed by atoms with Gasteiger partial charge in [0.1, 0.15) is 5.75 Å². The van der Waals surface area contributed by atoms with Crippen LogP contribution in [0.1, 0.15) is 64.4 Å². The molecular weight excluding hydrogens is 388 g/mol. The molecule has 0 bridgehead atoms. The van der Waals surface area contributed by atoms with Gasteiger partial charge in [-0.25, -0.2) is 13.1 Å². The van der Waals surface area contributed by atoms with E-state index in [0.29, 0.717) is 19.1 Å². The minimum Gasteiger partial charge on any atom is -0.494 e. The summed E-state index contributed by atoms with van der Waals surface area (Å²) in [6, 6.07) is 8.32. The van der Waals surface area contributed by atoms with Gasteiger partial charge in [-0.3, -0.25) is 0 Å². The van der Waals surface area contributed by atoms with Crippen molar-refractivity contribution >= 4 is 10.0 Å². The van der Waals surface area contributed by atoms with Gasteiger partial charge in [0, 0.05) is 12.1 Å². The topological polar surface area (TPSA) is 76.7 Å². The summed E-state index contributed by atoms with van der Waals surface area (Å²) in [6.07, 6.45) is 5.30. The average molecular weight is 425 g/mol. The second kappa shape index (κ2) is 10.2. The Bertz CT molecular complexity index is 745. The number of hydrogen-bond donors (Lipinski definition) is 2. The maximum absolute atomic E-state index is 12.2. The molecule has 1 aromatic rings. The SMILES string of the molecule is CCOc1ccccc1C1CCC(OC[C@@H]2NCC[C@@H]2NS(=O)(=O)C(C)C)CC1. The monoisotopic (exact) mass is 424 g/mol. The van der Waals surface area contributed by atoms with E-state index in [1.165, 1.54) is 5.56 Å². The quantitative estimate of drug-likeness (QED) is 0.637. The van der Waals surface area contributed by atoms with Crippen molar-refractivity contribution in [2.24, 2.45) is 0 Å². The van der Waals surface area contributed by atoms with Crippen molar-refractivity contribution in [1.82, 2.24) is 10.0 Å². The van der Waals surface area contributed by atoms with E-state index in [1.54, 1.807) is 13.8 Å². The minimum absolute atomic E-state index is 0.0416. The number of sulfonamides is 1. The molecule has 164 valence electrons. The Morgan fingerprint density at radius 1 is 1.14 bits per heavy atom. The molecule has 1 aliphatic carbocycles. The number of hydrogen-bond acceptors (Lipinski definition) is 5. The molecule has 0 spiro atoms. The van der Waals surface area contributed by atoms with Crippen molar-refractivity contribution in [2.75, 3.05) is 19.8 Å². The van der Waals surface area contributed by atoms with Crippen LogP contribution in [0.2, 0.25) is 0 Å². The van der Waals surface area contributed by atoms with Gasteiger partial charge in [-0.15, -0.1) is 0 Å². The number of benzene rings is 1. The van der Waals surface area contributed by atoms with E-state index in [-0.39, 0.29) is 18.2 Å². The zero-order valence-corrected chi connectivity index (χ0v) is 18.7. The highest BCUT2D eigenvalue weighted by Crippen LogP contribution is 2.38. The third-order valence-corrected chi connectivity index (χ3v) is 8.00. The lowest BCUT2D eigenvalue weighted by molar-refractivity contribution is 0.0125. The normalized spacial score (nSPS) is 28.0. The molecule has 0 amide bonds. The molecule has 1 heterocycles. The summed E-state index contributed by atoms with van der Waals surface area (Å²) in [5, 5.41) is 2.98. The van der Waals surface area contributed by atoms with Crippen molar-refractivity contribution in [3.8, 4) is 5.75 Å². The summed E-state index contributed by atoms with van der Waals surface area (Å²) in [6.45, 7) is 7.49. The maximum atomic E-state index is 12.2. The van der Waals surface area contributed by atoms with Crippen LogP contribution in [0, 0.1) is 0 Å². The molecule has 6 nitrogen and oxygen atoms in total. The van der Waals surface area contributed by atoms with Crippen LogP contribution < -0.4 is 14.8 Å². The number of para-hydroxylation sites is 1. The molecule has 29 heavy (non-hydrogen) atoms. The second-order valence-corrected chi connectivity index (χ2v) is 10.7. The second-order valence-electron chi connectivity index (χ2n) is 8.45. The smallest absolute Gasteiger partial charge is 0.214 e. The molecule has 0 aromatic heterocycles. The van der Waals surface area contributed by atoms with Gasteiger partial charge >= 0.3 is 0 Å². The molecule has 3 rings (SSSR count). The van der Waals surface area contributed by atoms with Gasteiger partial charge in [-0.05, 0) is 77.0 Å². The molecule has 2 fully saturated rings. The highest BCUT2D eigenvalue weighted by molar-refractivity contribution is 7.90. The molecule has 0 radical (unpaired) electrons. The molecule has 2 N–H and O–H groups in total. The Balaban J connectivity index is 1.48. The highest BCUT2D eigenvalue weighted by atomic mass is 32.2. The van der Waals surface area contributed by atoms with Crippen LogP contribution >= 0.6 is 0 Å². The standard InChI is InChI=1S/C22H36N2O4S/c1-4-27-22-8-6-5-7-19(22)17-9-11-18(12-10-17)28-15-21-20(13-14-23-21)24-29(25,26)16(2)3/h5-8,16-18,20-21,23-24H,4,9-15H2,1-3H3/t17?,18?,20-,21-/m0/s1. The summed E-state index contributed by atoms with van der Waals surface area (Å²) >= 11 is 0. The van der Waals surface area contributed by atoms with E-state index in [1.807, 2.05) is 13.0 Å². The first-order chi connectivity index (χ1) is 13.9. The Labute approximate surface area is 175 Å². The van der Waals surface area contributed by atoms with Crippen molar-refractivity contribution in [2.45, 2.75) is 82.2 Å². The average Bonchev–Trinajstić information content (AvgIpc) is 3.14. The van der Waals surface area contributed by atoms with E-state index in [9.17, 15) is 8.42 Å². The van der Waals surface area contributed by atoms with Crippen LogP contribution in [-0.4, -0.2) is 51.6 Å². The first-order valence-corrected chi connectivity index (χ1v) is 12.5. The summed E-state index contributed by atoms with van der Waals surface area (Å²) in [5.74, 6) is 1.53. The predicted molar refractivity (Wildman–Crippen MR) is 116 cm³/mol. The van der Waals surface area contributed by atoms with Gasteiger partial charge in [-0.1, -0.05) is 18.2 Å². The summed E-state index contributed by atoms with van der Waals surface area (Å²) in [7, 11) is -3.26. The molecule has 2 aliphatic rings. The van der Waals surface area contributed by atoms with Crippen LogP contribution in [-0.2, 0) is 14.8 Å². The lowest BCUT2D eigenvalue weighted by Gasteiger charge is -2.31. The molecule has 1 aromatic carbocycles. The highest BCUT2D eigenvalue weighted by Gasteiger charge is 2.33. The zero-order chi connectivity index (χ0) is 20.9. The number of rotatable bonds is 9.